The second-order valence-electron chi connectivity index (χ2n) is 12.5. The van der Waals surface area contributed by atoms with Gasteiger partial charge in [0.15, 0.2) is 0 Å². The van der Waals surface area contributed by atoms with Crippen molar-refractivity contribution in [3.63, 3.8) is 0 Å². The van der Waals surface area contributed by atoms with Crippen molar-refractivity contribution in [3.8, 4) is 5.75 Å². The van der Waals surface area contributed by atoms with Gasteiger partial charge in [-0.05, 0) is 109 Å². The lowest BCUT2D eigenvalue weighted by molar-refractivity contribution is -0.217. The molecule has 0 spiro atoms. The van der Waals surface area contributed by atoms with Crippen LogP contribution in [0.5, 0.6) is 5.75 Å². The molecule has 2 aliphatic carbocycles. The van der Waals surface area contributed by atoms with Gasteiger partial charge in [0.1, 0.15) is 11.6 Å². The molecule has 2 heterocycles. The van der Waals surface area contributed by atoms with Crippen LogP contribution in [0.1, 0.15) is 83.8 Å². The van der Waals surface area contributed by atoms with E-state index < -0.39 is 44.1 Å². The maximum absolute atomic E-state index is 15.4. The molecular weight excluding hydrogens is 654 g/mol. The number of hydrogen-bond acceptors (Lipinski definition) is 7. The van der Waals surface area contributed by atoms with Gasteiger partial charge >= 0.3 is 28.3 Å². The highest BCUT2D eigenvalue weighted by Crippen LogP contribution is 2.46. The van der Waals surface area contributed by atoms with Crippen molar-refractivity contribution in [1.82, 2.24) is 13.7 Å². The standard InChI is InChI=1S/C31H34ClF4N3O6S/c32-26-14-22(20-2-3-20)6-7-23(26)17-37-12-8-19(9-13-37)18-44-28-16-27(33)25(15-24(28)21-4-5-21)29(40)39(45-30(41)31(34,35)36)46(42,43)38-10-1-11-38/h6-7,14-16,19-21H,1-5,8-13,17-18H2. The zero-order valence-electron chi connectivity index (χ0n) is 24.9. The lowest BCUT2D eigenvalue weighted by Gasteiger charge is -2.33. The first-order chi connectivity index (χ1) is 21.8. The number of benzene rings is 2. The number of likely N-dealkylation sites (tertiary alicyclic amines) is 1. The van der Waals surface area contributed by atoms with Crippen LogP contribution in [-0.2, 0) is 26.4 Å². The molecule has 4 aliphatic rings. The van der Waals surface area contributed by atoms with E-state index in [1.165, 1.54) is 18.4 Å². The minimum Gasteiger partial charge on any atom is -0.493 e. The summed E-state index contributed by atoms with van der Waals surface area (Å²) in [6, 6.07) is 8.37. The lowest BCUT2D eigenvalue weighted by Crippen LogP contribution is -2.53. The number of carbonyl (C=O) groups is 2. The van der Waals surface area contributed by atoms with Crippen LogP contribution in [0.2, 0.25) is 5.02 Å². The van der Waals surface area contributed by atoms with Crippen molar-refractivity contribution in [2.75, 3.05) is 32.8 Å². The van der Waals surface area contributed by atoms with Crippen LogP contribution in [0.4, 0.5) is 17.6 Å². The summed E-state index contributed by atoms with van der Waals surface area (Å²) in [6.07, 6.45) is 0.311. The monoisotopic (exact) mass is 687 g/mol. The number of hydroxylamine groups is 1. The molecule has 1 amide bonds. The summed E-state index contributed by atoms with van der Waals surface area (Å²) >= 11 is 6.56. The van der Waals surface area contributed by atoms with Gasteiger partial charge in [-0.15, -0.1) is 0 Å². The second kappa shape index (κ2) is 12.9. The Bertz CT molecular complexity index is 1600. The Labute approximate surface area is 269 Å². The molecule has 46 heavy (non-hydrogen) atoms. The van der Waals surface area contributed by atoms with Crippen molar-refractivity contribution in [3.05, 3.63) is 63.4 Å². The molecule has 15 heteroatoms. The Morgan fingerprint density at radius 1 is 0.957 bits per heavy atom. The summed E-state index contributed by atoms with van der Waals surface area (Å²) in [5, 5.41) is 0.784. The van der Waals surface area contributed by atoms with Crippen LogP contribution >= 0.6 is 11.6 Å². The van der Waals surface area contributed by atoms with Crippen molar-refractivity contribution in [1.29, 1.82) is 0 Å². The smallest absolute Gasteiger partial charge is 0.493 e. The van der Waals surface area contributed by atoms with E-state index in [2.05, 4.69) is 27.9 Å². The molecule has 0 unspecified atom stereocenters. The predicted octanol–water partition coefficient (Wildman–Crippen LogP) is 5.94. The molecule has 2 aromatic carbocycles. The van der Waals surface area contributed by atoms with E-state index in [9.17, 15) is 31.2 Å². The van der Waals surface area contributed by atoms with Gasteiger partial charge in [0, 0.05) is 30.7 Å². The van der Waals surface area contributed by atoms with E-state index in [1.54, 1.807) is 0 Å². The first kappa shape index (κ1) is 33.0. The molecule has 6 rings (SSSR count). The molecule has 2 saturated heterocycles. The SMILES string of the molecule is O=C(c1cc(C2CC2)c(OCC2CCN(Cc3ccc(C4CC4)cc3Cl)CC2)cc1F)N(OC(=O)C(F)(F)F)S(=O)(=O)N1CCC1. The molecule has 4 fully saturated rings. The average molecular weight is 688 g/mol. The number of alkyl halides is 3. The number of nitrogens with zero attached hydrogens (tertiary/aromatic N) is 3. The summed E-state index contributed by atoms with van der Waals surface area (Å²) in [4.78, 5) is 31.2. The molecule has 250 valence electrons. The Balaban J connectivity index is 1.11. The summed E-state index contributed by atoms with van der Waals surface area (Å²) < 4.78 is 86.1. The average Bonchev–Trinajstić information content (AvgIpc) is 3.88. The second-order valence-corrected chi connectivity index (χ2v) is 14.6. The Morgan fingerprint density at radius 2 is 1.63 bits per heavy atom. The number of amides is 1. The van der Waals surface area contributed by atoms with Gasteiger partial charge in [-0.1, -0.05) is 23.7 Å². The normalized spacial score (nSPS) is 19.8. The lowest BCUT2D eigenvalue weighted by atomic mass is 9.97. The van der Waals surface area contributed by atoms with E-state index in [1.807, 2.05) is 0 Å². The molecule has 9 nitrogen and oxygen atoms in total. The van der Waals surface area contributed by atoms with Gasteiger partial charge in [-0.2, -0.15) is 25.9 Å². The fraction of sp³-hybridized carbons (Fsp3) is 0.548. The fourth-order valence-electron chi connectivity index (χ4n) is 5.74. The van der Waals surface area contributed by atoms with Crippen LogP contribution in [0, 0.1) is 11.7 Å². The number of piperidine rings is 1. The van der Waals surface area contributed by atoms with Gasteiger partial charge in [0.25, 0.3) is 0 Å². The Morgan fingerprint density at radius 3 is 2.20 bits per heavy atom. The molecule has 0 atom stereocenters. The number of rotatable bonds is 10. The van der Waals surface area contributed by atoms with E-state index in [0.29, 0.717) is 35.0 Å². The molecular formula is C31H34ClF4N3O6S. The van der Waals surface area contributed by atoms with Gasteiger partial charge in [0.2, 0.25) is 0 Å². The number of ether oxygens (including phenoxy) is 1. The Hall–Kier alpha value is -2.94. The zero-order chi connectivity index (χ0) is 32.8. The highest BCUT2D eigenvalue weighted by molar-refractivity contribution is 7.87. The third-order valence-electron chi connectivity index (χ3n) is 8.96. The van der Waals surface area contributed by atoms with Gasteiger partial charge < -0.3 is 9.57 Å². The van der Waals surface area contributed by atoms with E-state index in [-0.39, 0.29) is 37.3 Å². The van der Waals surface area contributed by atoms with Crippen LogP contribution in [-0.4, -0.2) is 72.9 Å². The minimum atomic E-state index is -5.59. The molecule has 0 N–H and O–H groups in total. The predicted molar refractivity (Wildman–Crippen MR) is 159 cm³/mol. The van der Waals surface area contributed by atoms with Crippen LogP contribution in [0.15, 0.2) is 30.3 Å². The van der Waals surface area contributed by atoms with Crippen molar-refractivity contribution in [2.24, 2.45) is 5.92 Å². The quantitative estimate of drug-likeness (QED) is 0.226. The first-order valence-electron chi connectivity index (χ1n) is 15.4. The van der Waals surface area contributed by atoms with Crippen LogP contribution in [0.25, 0.3) is 0 Å². The zero-order valence-corrected chi connectivity index (χ0v) is 26.5. The van der Waals surface area contributed by atoms with Gasteiger partial charge in [0.05, 0.1) is 12.2 Å². The fourth-order valence-corrected chi connectivity index (χ4v) is 7.39. The third-order valence-corrected chi connectivity index (χ3v) is 11.0. The molecule has 0 radical (unpaired) electrons. The molecule has 2 aromatic rings. The highest BCUT2D eigenvalue weighted by Gasteiger charge is 2.48. The highest BCUT2D eigenvalue weighted by atomic mass is 35.5. The maximum atomic E-state index is 15.4. The molecule has 2 saturated carbocycles. The van der Waals surface area contributed by atoms with Crippen molar-refractivity contribution < 1.29 is 45.1 Å². The summed E-state index contributed by atoms with van der Waals surface area (Å²) in [6.45, 7) is 2.48. The largest absolute Gasteiger partial charge is 0.493 e. The van der Waals surface area contributed by atoms with Crippen LogP contribution in [0.3, 0.4) is 0 Å². The number of carbonyl (C=O) groups excluding carboxylic acids is 2. The van der Waals surface area contributed by atoms with E-state index in [0.717, 1.165) is 55.2 Å². The minimum absolute atomic E-state index is 0.0988. The van der Waals surface area contributed by atoms with E-state index >= 15 is 4.39 Å². The maximum Gasteiger partial charge on any atom is 0.493 e. The van der Waals surface area contributed by atoms with E-state index in [4.69, 9.17) is 16.3 Å². The summed E-state index contributed by atoms with van der Waals surface area (Å²) in [7, 11) is -5.00. The molecule has 0 bridgehead atoms. The number of halogens is 5. The third kappa shape index (κ3) is 7.29. The summed E-state index contributed by atoms with van der Waals surface area (Å²) in [5.74, 6) is -4.98. The van der Waals surface area contributed by atoms with Crippen LogP contribution < -0.4 is 4.74 Å². The molecule has 2 aliphatic heterocycles. The van der Waals surface area contributed by atoms with Gasteiger partial charge in [-0.25, -0.2) is 9.18 Å². The first-order valence-corrected chi connectivity index (χ1v) is 17.2. The summed E-state index contributed by atoms with van der Waals surface area (Å²) in [5.41, 5.74) is 1.98. The topological polar surface area (TPSA) is 96.5 Å². The van der Waals surface area contributed by atoms with Gasteiger partial charge in [-0.3, -0.25) is 9.69 Å². The Kier molecular flexibility index (Phi) is 9.27. The van der Waals surface area contributed by atoms with Crippen molar-refractivity contribution >= 4 is 33.7 Å². The molecule has 0 aromatic heterocycles. The number of hydrogen-bond donors (Lipinski definition) is 0. The van der Waals surface area contributed by atoms with Crippen molar-refractivity contribution in [2.45, 2.75) is 69.5 Å².